The van der Waals surface area contributed by atoms with Gasteiger partial charge in [0.25, 0.3) is 0 Å². The van der Waals surface area contributed by atoms with Crippen molar-refractivity contribution in [1.82, 2.24) is 21.3 Å². The molecule has 26 heteroatoms. The molecule has 0 aromatic rings. The molecule has 2 rings (SSSR count). The van der Waals surface area contributed by atoms with Crippen molar-refractivity contribution in [3.05, 3.63) is 0 Å². The molecule has 25 nitrogen and oxygen atoms in total. The maximum atomic E-state index is 12.8. The van der Waals surface area contributed by atoms with E-state index in [9.17, 15) is 52.7 Å². The number of carbonyl (C=O) groups is 11. The molecule has 0 aliphatic carbocycles. The van der Waals surface area contributed by atoms with E-state index in [1.54, 1.807) is 22.6 Å². The summed E-state index contributed by atoms with van der Waals surface area (Å²) in [6, 6.07) is -2.91. The lowest BCUT2D eigenvalue weighted by Gasteiger charge is -2.44. The van der Waals surface area contributed by atoms with Gasteiger partial charge in [0.1, 0.15) is 37.5 Å². The molecule has 0 saturated carbocycles. The second kappa shape index (κ2) is 33.6. The molecule has 2 fully saturated rings. The van der Waals surface area contributed by atoms with Gasteiger partial charge in [-0.3, -0.25) is 52.7 Å². The summed E-state index contributed by atoms with van der Waals surface area (Å²) in [5.74, 6) is -5.69. The molecule has 11 atom stereocenters. The molecule has 2 saturated heterocycles. The maximum Gasteiger partial charge on any atom is 0.303 e. The van der Waals surface area contributed by atoms with Gasteiger partial charge >= 0.3 is 35.8 Å². The van der Waals surface area contributed by atoms with Crippen LogP contribution in [0.2, 0.25) is 0 Å². The van der Waals surface area contributed by atoms with Gasteiger partial charge in [-0.25, -0.2) is 0 Å². The number of nitrogens with one attached hydrogen (secondary N) is 4. The van der Waals surface area contributed by atoms with Crippen LogP contribution in [0, 0.1) is 0 Å². The molecule has 2 heterocycles. The molecule has 11 unspecified atom stereocenters. The molecule has 408 valence electrons. The number of rotatable bonds is 31. The van der Waals surface area contributed by atoms with Crippen LogP contribution in [0.15, 0.2) is 0 Å². The third-order valence-corrected chi connectivity index (χ3v) is 11.4. The number of halogens is 1. The van der Waals surface area contributed by atoms with Gasteiger partial charge < -0.3 is 68.6 Å². The van der Waals surface area contributed by atoms with E-state index in [0.717, 1.165) is 27.7 Å². The second-order valence-corrected chi connectivity index (χ2v) is 18.1. The zero-order valence-corrected chi connectivity index (χ0v) is 44.3. The van der Waals surface area contributed by atoms with Crippen molar-refractivity contribution in [1.29, 1.82) is 0 Å². The van der Waals surface area contributed by atoms with Gasteiger partial charge in [0, 0.05) is 111 Å². The Bertz CT molecular complexity index is 1850. The van der Waals surface area contributed by atoms with Crippen LogP contribution in [0.5, 0.6) is 0 Å². The summed E-state index contributed by atoms with van der Waals surface area (Å²) < 4.78 is 55.5. The quantitative estimate of drug-likeness (QED) is 0.0249. The molecule has 2 aliphatic rings. The van der Waals surface area contributed by atoms with Crippen molar-refractivity contribution in [3.63, 3.8) is 0 Å². The van der Waals surface area contributed by atoms with Gasteiger partial charge in [0.05, 0.1) is 6.04 Å². The van der Waals surface area contributed by atoms with E-state index in [1.807, 2.05) is 0 Å². The third-order valence-electron chi connectivity index (χ3n) is 10.7. The van der Waals surface area contributed by atoms with Crippen molar-refractivity contribution in [2.45, 2.75) is 193 Å². The van der Waals surface area contributed by atoms with Gasteiger partial charge in [-0.1, -0.05) is 12.8 Å². The molecule has 4 amide bonds. The Morgan fingerprint density at radius 3 is 1.26 bits per heavy atom. The number of carbonyl (C=O) groups excluding carboxylic acids is 11. The number of hydrogen-bond donors (Lipinski definition) is 4. The lowest BCUT2D eigenvalue weighted by Crippen LogP contribution is -2.66. The summed E-state index contributed by atoms with van der Waals surface area (Å²) in [5, 5.41) is 10.9. The summed E-state index contributed by atoms with van der Waals surface area (Å²) in [7, 11) is 0. The van der Waals surface area contributed by atoms with Crippen molar-refractivity contribution in [2.75, 3.05) is 33.0 Å². The van der Waals surface area contributed by atoms with Crippen LogP contribution in [-0.4, -0.2) is 164 Å². The third kappa shape index (κ3) is 25.1. The molecule has 0 aromatic heterocycles. The molecule has 2 aliphatic heterocycles. The van der Waals surface area contributed by atoms with Crippen LogP contribution in [0.3, 0.4) is 0 Å². The van der Waals surface area contributed by atoms with Gasteiger partial charge in [0.15, 0.2) is 37.0 Å². The zero-order valence-electron chi connectivity index (χ0n) is 42.1. The minimum absolute atomic E-state index is 0.0827. The predicted octanol–water partition coefficient (Wildman–Crippen LogP) is 1.19. The van der Waals surface area contributed by atoms with E-state index in [1.165, 1.54) is 27.7 Å². The van der Waals surface area contributed by atoms with E-state index in [0.29, 0.717) is 64.3 Å². The van der Waals surface area contributed by atoms with E-state index in [2.05, 4.69) is 21.3 Å². The van der Waals surface area contributed by atoms with Gasteiger partial charge in [-0.05, 0) is 44.9 Å². The van der Waals surface area contributed by atoms with E-state index in [-0.39, 0.29) is 54.9 Å². The fourth-order valence-corrected chi connectivity index (χ4v) is 8.16. The van der Waals surface area contributed by atoms with Crippen LogP contribution < -0.4 is 21.3 Å². The average Bonchev–Trinajstić information content (AvgIpc) is 3.26. The van der Waals surface area contributed by atoms with Crippen molar-refractivity contribution in [2.24, 2.45) is 0 Å². The predicted molar refractivity (Wildman–Crippen MR) is 255 cm³/mol. The van der Waals surface area contributed by atoms with Crippen LogP contribution >= 0.6 is 22.6 Å². The fourth-order valence-electron chi connectivity index (χ4n) is 7.69. The maximum absolute atomic E-state index is 12.8. The largest absolute Gasteiger partial charge is 0.463 e. The van der Waals surface area contributed by atoms with Crippen molar-refractivity contribution < 1.29 is 100 Å². The zero-order chi connectivity index (χ0) is 53.9. The molecular formula is C46H71IN4O21. The molecule has 0 aromatic carbocycles. The standard InChI is InChI=1S/C46H71IN4O21/c1-25(52)49-38-42(69-31(7)58)40(67-29(5)56)34(23-65-27(3)54)71-45(38)63-21-15-9-11-18-36(60)48-20-14-13-17-33(44(47)62)51-37(61)19-12-10-16-22-64-46-39(50-26(2)53)43(70-32(8)59)41(68-30(6)57)35(72-46)24-66-28(4)55/h33-35,38-43,45-46H,9-24H2,1-8H3,(H,48,60)(H,49,52)(H,50,53)(H,51,61). The van der Waals surface area contributed by atoms with Crippen molar-refractivity contribution in [3.8, 4) is 0 Å². The minimum atomic E-state index is -1.25. The highest BCUT2D eigenvalue weighted by Crippen LogP contribution is 2.30. The fraction of sp³-hybridized carbons (Fsp3) is 0.761. The molecule has 72 heavy (non-hydrogen) atoms. The number of hydrogen-bond acceptors (Lipinski definition) is 21. The Morgan fingerprint density at radius 1 is 0.486 bits per heavy atom. The summed E-state index contributed by atoms with van der Waals surface area (Å²) in [5.41, 5.74) is 0. The lowest BCUT2D eigenvalue weighted by atomic mass is 9.96. The van der Waals surface area contributed by atoms with Crippen molar-refractivity contribution >= 4 is 85.8 Å². The Balaban J connectivity index is 1.77. The van der Waals surface area contributed by atoms with Crippen LogP contribution in [0.4, 0.5) is 0 Å². The second-order valence-electron chi connectivity index (χ2n) is 17.1. The van der Waals surface area contributed by atoms with Crippen LogP contribution in [-0.2, 0) is 100 Å². The first-order valence-corrected chi connectivity index (χ1v) is 24.9. The molecular weight excluding hydrogens is 1070 g/mol. The van der Waals surface area contributed by atoms with E-state index >= 15 is 0 Å². The Labute approximate surface area is 432 Å². The minimum Gasteiger partial charge on any atom is -0.463 e. The normalized spacial score (nSPS) is 24.0. The Kier molecular flexibility index (Phi) is 29.4. The number of unbranched alkanes of at least 4 members (excludes halogenated alkanes) is 5. The molecule has 0 spiro atoms. The number of amides is 4. The van der Waals surface area contributed by atoms with Gasteiger partial charge in [-0.2, -0.15) is 0 Å². The summed E-state index contributed by atoms with van der Waals surface area (Å²) >= 11 is 1.64. The number of esters is 6. The molecule has 0 bridgehead atoms. The highest BCUT2D eigenvalue weighted by Gasteiger charge is 2.52. The highest BCUT2D eigenvalue weighted by molar-refractivity contribution is 14.1. The smallest absolute Gasteiger partial charge is 0.303 e. The van der Waals surface area contributed by atoms with Crippen LogP contribution in [0.25, 0.3) is 0 Å². The average molecular weight is 1140 g/mol. The van der Waals surface area contributed by atoms with Gasteiger partial charge in [-0.15, -0.1) is 0 Å². The first-order chi connectivity index (χ1) is 34.0. The molecule has 0 radical (unpaired) electrons. The summed E-state index contributed by atoms with van der Waals surface area (Å²) in [6.45, 7) is 9.22. The Hall–Kier alpha value is -5.06. The van der Waals surface area contributed by atoms with E-state index in [4.69, 9.17) is 47.4 Å². The Morgan fingerprint density at radius 2 is 0.889 bits per heavy atom. The first-order valence-electron chi connectivity index (χ1n) is 23.8. The monoisotopic (exact) mass is 1140 g/mol. The number of ether oxygens (including phenoxy) is 10. The summed E-state index contributed by atoms with van der Waals surface area (Å²) in [4.78, 5) is 133. The van der Waals surface area contributed by atoms with E-state index < -0.39 is 115 Å². The summed E-state index contributed by atoms with van der Waals surface area (Å²) in [6.07, 6.45) is -4.77. The van der Waals surface area contributed by atoms with Crippen LogP contribution in [0.1, 0.15) is 126 Å². The molecule has 4 N–H and O–H groups in total. The van der Waals surface area contributed by atoms with Gasteiger partial charge in [0.2, 0.25) is 27.4 Å². The SMILES string of the molecule is CC(=O)NC1C(OCCCCCC(=O)NCCCCC(NC(=O)CCCCCOC2OC(COC(C)=O)C(OC(C)=O)C(OC(C)=O)C2NC(C)=O)C(=O)I)OC(COC(C)=O)C(OC(C)=O)C1OC(C)=O. The topological polar surface area (TPSA) is 328 Å². The lowest BCUT2D eigenvalue weighted by molar-refractivity contribution is -0.277. The first kappa shape index (κ1) is 63.1. The highest BCUT2D eigenvalue weighted by atomic mass is 127.